The normalized spacial score (nSPS) is 11.4. The number of carbonyl (C=O) groups excluding carboxylic acids is 2. The zero-order chi connectivity index (χ0) is 22.1. The Morgan fingerprint density at radius 3 is 2.32 bits per heavy atom. The van der Waals surface area contributed by atoms with Crippen LogP contribution in [-0.4, -0.2) is 24.5 Å². The molecule has 0 saturated heterocycles. The Morgan fingerprint density at radius 1 is 0.871 bits per heavy atom. The molecule has 1 atom stereocenters. The van der Waals surface area contributed by atoms with Crippen LogP contribution >= 0.6 is 0 Å². The van der Waals surface area contributed by atoms with Gasteiger partial charge in [0.25, 0.3) is 11.8 Å². The summed E-state index contributed by atoms with van der Waals surface area (Å²) in [6, 6.07) is 24.2. The van der Waals surface area contributed by atoms with E-state index in [1.165, 1.54) is 5.56 Å². The molecule has 0 fully saturated rings. The SMILES string of the molecule is CCC(C)NC(=O)c1cccc(NC(=O)c2ccc(OCCc3ccccc3)cc2)c1. The highest BCUT2D eigenvalue weighted by Gasteiger charge is 2.11. The maximum atomic E-state index is 12.6. The van der Waals surface area contributed by atoms with Crippen LogP contribution in [-0.2, 0) is 6.42 Å². The van der Waals surface area contributed by atoms with Gasteiger partial charge in [-0.25, -0.2) is 0 Å². The van der Waals surface area contributed by atoms with Crippen molar-refractivity contribution < 1.29 is 14.3 Å². The van der Waals surface area contributed by atoms with Crippen LogP contribution in [0.4, 0.5) is 5.69 Å². The van der Waals surface area contributed by atoms with Crippen molar-refractivity contribution in [3.63, 3.8) is 0 Å². The molecule has 3 aromatic rings. The number of carbonyl (C=O) groups is 2. The van der Waals surface area contributed by atoms with Crippen molar-refractivity contribution in [3.05, 3.63) is 95.6 Å². The lowest BCUT2D eigenvalue weighted by Crippen LogP contribution is -2.31. The van der Waals surface area contributed by atoms with Gasteiger partial charge in [0, 0.05) is 29.3 Å². The summed E-state index contributed by atoms with van der Waals surface area (Å²) in [4.78, 5) is 24.9. The van der Waals surface area contributed by atoms with Gasteiger partial charge in [-0.15, -0.1) is 0 Å². The van der Waals surface area contributed by atoms with E-state index in [-0.39, 0.29) is 17.9 Å². The lowest BCUT2D eigenvalue weighted by Gasteiger charge is -2.12. The van der Waals surface area contributed by atoms with Crippen molar-refractivity contribution >= 4 is 17.5 Å². The smallest absolute Gasteiger partial charge is 0.255 e. The Kier molecular flexibility index (Phi) is 7.82. The van der Waals surface area contributed by atoms with Crippen molar-refractivity contribution in [1.82, 2.24) is 5.32 Å². The van der Waals surface area contributed by atoms with Crippen LogP contribution in [0, 0.1) is 0 Å². The number of rotatable bonds is 9. The van der Waals surface area contributed by atoms with E-state index >= 15 is 0 Å². The summed E-state index contributed by atoms with van der Waals surface area (Å²) < 4.78 is 5.77. The van der Waals surface area contributed by atoms with E-state index in [0.29, 0.717) is 23.4 Å². The van der Waals surface area contributed by atoms with E-state index < -0.39 is 0 Å². The number of benzene rings is 3. The molecular weight excluding hydrogens is 388 g/mol. The number of nitrogens with one attached hydrogen (secondary N) is 2. The van der Waals surface area contributed by atoms with Gasteiger partial charge in [-0.2, -0.15) is 0 Å². The Morgan fingerprint density at radius 2 is 1.61 bits per heavy atom. The van der Waals surface area contributed by atoms with Crippen LogP contribution in [0.25, 0.3) is 0 Å². The van der Waals surface area contributed by atoms with Crippen molar-refractivity contribution in [1.29, 1.82) is 0 Å². The van der Waals surface area contributed by atoms with Crippen molar-refractivity contribution in [3.8, 4) is 5.75 Å². The first-order valence-corrected chi connectivity index (χ1v) is 10.5. The summed E-state index contributed by atoms with van der Waals surface area (Å²) in [7, 11) is 0. The van der Waals surface area contributed by atoms with E-state index in [0.717, 1.165) is 18.6 Å². The zero-order valence-electron chi connectivity index (χ0n) is 17.9. The number of ether oxygens (including phenoxy) is 1. The molecule has 0 aliphatic rings. The van der Waals surface area contributed by atoms with Crippen molar-refractivity contribution in [2.45, 2.75) is 32.7 Å². The zero-order valence-corrected chi connectivity index (χ0v) is 17.9. The molecule has 31 heavy (non-hydrogen) atoms. The molecule has 0 heterocycles. The molecule has 0 aromatic heterocycles. The Hall–Kier alpha value is -3.60. The number of hydrogen-bond donors (Lipinski definition) is 2. The number of hydrogen-bond acceptors (Lipinski definition) is 3. The van der Waals surface area contributed by atoms with Crippen molar-refractivity contribution in [2.75, 3.05) is 11.9 Å². The van der Waals surface area contributed by atoms with Gasteiger partial charge in [-0.05, 0) is 61.4 Å². The molecule has 0 aliphatic heterocycles. The summed E-state index contributed by atoms with van der Waals surface area (Å²) in [5.41, 5.74) is 2.83. The van der Waals surface area contributed by atoms with Crippen LogP contribution in [0.2, 0.25) is 0 Å². The number of amides is 2. The van der Waals surface area contributed by atoms with Gasteiger partial charge in [-0.1, -0.05) is 43.3 Å². The number of anilines is 1. The minimum Gasteiger partial charge on any atom is -0.493 e. The van der Waals surface area contributed by atoms with Crippen LogP contribution in [0.15, 0.2) is 78.9 Å². The van der Waals surface area contributed by atoms with Crippen LogP contribution < -0.4 is 15.4 Å². The fourth-order valence-electron chi connectivity index (χ4n) is 2.98. The quantitative estimate of drug-likeness (QED) is 0.511. The predicted molar refractivity (Wildman–Crippen MR) is 124 cm³/mol. The highest BCUT2D eigenvalue weighted by atomic mass is 16.5. The third-order valence-corrected chi connectivity index (χ3v) is 4.99. The molecule has 2 amide bonds. The molecule has 3 rings (SSSR count). The standard InChI is InChI=1S/C26H28N2O3/c1-3-19(2)27-26(30)22-10-7-11-23(18-22)28-25(29)21-12-14-24(15-13-21)31-17-16-20-8-5-4-6-9-20/h4-15,18-19H,3,16-17H2,1-2H3,(H,27,30)(H,28,29). The first-order valence-electron chi connectivity index (χ1n) is 10.5. The third-order valence-electron chi connectivity index (χ3n) is 4.99. The van der Waals surface area contributed by atoms with Gasteiger partial charge in [0.2, 0.25) is 0 Å². The topological polar surface area (TPSA) is 67.4 Å². The predicted octanol–water partition coefficient (Wildman–Crippen LogP) is 5.09. The van der Waals surface area contributed by atoms with Crippen LogP contribution in [0.3, 0.4) is 0 Å². The Labute approximate surface area is 183 Å². The van der Waals surface area contributed by atoms with Gasteiger partial charge in [0.05, 0.1) is 6.61 Å². The molecule has 160 valence electrons. The third kappa shape index (κ3) is 6.71. The second-order valence-corrected chi connectivity index (χ2v) is 7.43. The van der Waals surface area contributed by atoms with E-state index in [1.54, 1.807) is 48.5 Å². The molecule has 1 unspecified atom stereocenters. The minimum atomic E-state index is -0.240. The monoisotopic (exact) mass is 416 g/mol. The molecular formula is C26H28N2O3. The molecule has 0 spiro atoms. The lowest BCUT2D eigenvalue weighted by atomic mass is 10.1. The first-order chi connectivity index (χ1) is 15.0. The van der Waals surface area contributed by atoms with E-state index in [1.807, 2.05) is 32.0 Å². The molecule has 5 heteroatoms. The van der Waals surface area contributed by atoms with Gasteiger partial charge in [-0.3, -0.25) is 9.59 Å². The van der Waals surface area contributed by atoms with E-state index in [9.17, 15) is 9.59 Å². The Bertz CT molecular complexity index is 1000. The molecule has 5 nitrogen and oxygen atoms in total. The van der Waals surface area contributed by atoms with Gasteiger partial charge in [0.15, 0.2) is 0 Å². The summed E-state index contributed by atoms with van der Waals surface area (Å²) in [6.07, 6.45) is 1.68. The minimum absolute atomic E-state index is 0.0965. The molecule has 3 aromatic carbocycles. The second kappa shape index (κ2) is 11.0. The highest BCUT2D eigenvalue weighted by Crippen LogP contribution is 2.16. The van der Waals surface area contributed by atoms with Crippen molar-refractivity contribution in [2.24, 2.45) is 0 Å². The maximum absolute atomic E-state index is 12.6. The lowest BCUT2D eigenvalue weighted by molar-refractivity contribution is 0.0938. The largest absolute Gasteiger partial charge is 0.493 e. The first kappa shape index (κ1) is 22.1. The van der Waals surface area contributed by atoms with Crippen LogP contribution in [0.5, 0.6) is 5.75 Å². The molecule has 0 radical (unpaired) electrons. The summed E-state index contributed by atoms with van der Waals surface area (Å²) in [5, 5.41) is 5.77. The highest BCUT2D eigenvalue weighted by molar-refractivity contribution is 6.05. The Balaban J connectivity index is 1.54. The fraction of sp³-hybridized carbons (Fsp3) is 0.231. The molecule has 0 aliphatic carbocycles. The molecule has 0 saturated carbocycles. The molecule has 0 bridgehead atoms. The average molecular weight is 417 g/mol. The summed E-state index contributed by atoms with van der Waals surface area (Å²) in [5.74, 6) is 0.328. The summed E-state index contributed by atoms with van der Waals surface area (Å²) >= 11 is 0. The molecule has 2 N–H and O–H groups in total. The van der Waals surface area contributed by atoms with Gasteiger partial charge in [0.1, 0.15) is 5.75 Å². The van der Waals surface area contributed by atoms with Crippen LogP contribution in [0.1, 0.15) is 46.5 Å². The van der Waals surface area contributed by atoms with Gasteiger partial charge < -0.3 is 15.4 Å². The fourth-order valence-corrected chi connectivity index (χ4v) is 2.98. The summed E-state index contributed by atoms with van der Waals surface area (Å²) in [6.45, 7) is 4.54. The second-order valence-electron chi connectivity index (χ2n) is 7.43. The maximum Gasteiger partial charge on any atom is 0.255 e. The average Bonchev–Trinajstić information content (AvgIpc) is 2.80. The van der Waals surface area contributed by atoms with E-state index in [4.69, 9.17) is 4.74 Å². The van der Waals surface area contributed by atoms with Gasteiger partial charge >= 0.3 is 0 Å². The van der Waals surface area contributed by atoms with E-state index in [2.05, 4.69) is 22.8 Å².